The van der Waals surface area contributed by atoms with Crippen molar-refractivity contribution in [3.05, 3.63) is 52.8 Å². The average Bonchev–Trinajstić information content (AvgIpc) is 2.82. The lowest BCUT2D eigenvalue weighted by Crippen LogP contribution is -2.20. The first-order valence-corrected chi connectivity index (χ1v) is 6.30. The summed E-state index contributed by atoms with van der Waals surface area (Å²) in [5.74, 6) is -0.601. The van der Waals surface area contributed by atoms with Crippen molar-refractivity contribution in [2.45, 2.75) is 12.5 Å². The normalized spacial score (nSPS) is 12.1. The van der Waals surface area contributed by atoms with Crippen molar-refractivity contribution in [3.63, 3.8) is 0 Å². The topological polar surface area (TPSA) is 44.1 Å². The van der Waals surface area contributed by atoms with E-state index in [4.69, 9.17) is 4.74 Å². The Balaban J connectivity index is 2.24. The van der Waals surface area contributed by atoms with Gasteiger partial charge in [-0.05, 0) is 21.5 Å². The highest BCUT2D eigenvalue weighted by Crippen LogP contribution is 2.20. The van der Waals surface area contributed by atoms with Gasteiger partial charge in [0.1, 0.15) is 5.92 Å². The summed E-state index contributed by atoms with van der Waals surface area (Å²) < 4.78 is 7.46. The number of halogens is 1. The number of rotatable bonds is 4. The third-order valence-corrected chi connectivity index (χ3v) is 3.07. The van der Waals surface area contributed by atoms with Crippen LogP contribution in [-0.2, 0) is 16.1 Å². The van der Waals surface area contributed by atoms with Crippen LogP contribution in [0.15, 0.2) is 47.2 Å². The maximum Gasteiger partial charge on any atom is 0.315 e. The molecule has 0 saturated carbocycles. The van der Waals surface area contributed by atoms with Crippen LogP contribution in [0.2, 0.25) is 0 Å². The zero-order chi connectivity index (χ0) is 13.0. The largest absolute Gasteiger partial charge is 0.468 e. The molecule has 0 aliphatic carbocycles. The van der Waals surface area contributed by atoms with E-state index in [1.807, 2.05) is 36.5 Å². The number of esters is 1. The second-order valence-corrected chi connectivity index (χ2v) is 4.78. The second-order valence-electron chi connectivity index (χ2n) is 3.87. The van der Waals surface area contributed by atoms with E-state index in [1.165, 1.54) is 7.11 Å². The Morgan fingerprint density at radius 1 is 1.44 bits per heavy atom. The lowest BCUT2D eigenvalue weighted by Gasteiger charge is -2.14. The van der Waals surface area contributed by atoms with Gasteiger partial charge in [0.2, 0.25) is 0 Å². The van der Waals surface area contributed by atoms with Crippen molar-refractivity contribution in [1.82, 2.24) is 9.78 Å². The maximum atomic E-state index is 11.8. The third-order valence-electron chi connectivity index (χ3n) is 2.66. The molecule has 0 amide bonds. The summed E-state index contributed by atoms with van der Waals surface area (Å²) in [6, 6.07) is 9.57. The van der Waals surface area contributed by atoms with Gasteiger partial charge in [-0.1, -0.05) is 30.3 Å². The fraction of sp³-hybridized carbons (Fsp3) is 0.231. The zero-order valence-corrected chi connectivity index (χ0v) is 11.5. The van der Waals surface area contributed by atoms with Crippen LogP contribution in [0.4, 0.5) is 0 Å². The Labute approximate surface area is 114 Å². The Morgan fingerprint density at radius 2 is 2.17 bits per heavy atom. The van der Waals surface area contributed by atoms with Gasteiger partial charge in [-0.25, -0.2) is 0 Å². The van der Waals surface area contributed by atoms with Gasteiger partial charge in [0.15, 0.2) is 0 Å². The fourth-order valence-electron chi connectivity index (χ4n) is 1.77. The van der Waals surface area contributed by atoms with Gasteiger partial charge in [0.25, 0.3) is 0 Å². The van der Waals surface area contributed by atoms with Gasteiger partial charge in [0, 0.05) is 6.20 Å². The lowest BCUT2D eigenvalue weighted by molar-refractivity contribution is -0.142. The molecular weight excluding hydrogens is 296 g/mol. The Hall–Kier alpha value is -1.62. The summed E-state index contributed by atoms with van der Waals surface area (Å²) in [5, 5.41) is 4.16. The molecule has 0 saturated heterocycles. The van der Waals surface area contributed by atoms with Crippen LogP contribution in [0.1, 0.15) is 11.5 Å². The second kappa shape index (κ2) is 5.82. The summed E-state index contributed by atoms with van der Waals surface area (Å²) >= 11 is 3.33. The van der Waals surface area contributed by atoms with Crippen LogP contribution < -0.4 is 0 Å². The van der Waals surface area contributed by atoms with E-state index < -0.39 is 0 Å². The summed E-state index contributed by atoms with van der Waals surface area (Å²) in [6.45, 7) is 0.461. The molecule has 0 fully saturated rings. The lowest BCUT2D eigenvalue weighted by atomic mass is 9.99. The van der Waals surface area contributed by atoms with Crippen LogP contribution in [0.5, 0.6) is 0 Å². The molecule has 2 rings (SSSR count). The van der Waals surface area contributed by atoms with Crippen molar-refractivity contribution in [2.24, 2.45) is 0 Å². The first kappa shape index (κ1) is 12.8. The average molecular weight is 309 g/mol. The van der Waals surface area contributed by atoms with E-state index in [1.54, 1.807) is 10.9 Å². The minimum Gasteiger partial charge on any atom is -0.468 e. The van der Waals surface area contributed by atoms with Crippen LogP contribution >= 0.6 is 15.9 Å². The van der Waals surface area contributed by atoms with Gasteiger partial charge in [0.05, 0.1) is 24.3 Å². The van der Waals surface area contributed by atoms with Gasteiger partial charge in [-0.3, -0.25) is 9.48 Å². The molecule has 0 bridgehead atoms. The summed E-state index contributed by atoms with van der Waals surface area (Å²) in [6.07, 6.45) is 3.53. The number of carbonyl (C=O) groups is 1. The fourth-order valence-corrected chi connectivity index (χ4v) is 2.10. The molecule has 1 heterocycles. The number of methoxy groups -OCH3 is 1. The number of hydrogen-bond acceptors (Lipinski definition) is 3. The van der Waals surface area contributed by atoms with E-state index in [0.717, 1.165) is 10.0 Å². The molecule has 0 aliphatic heterocycles. The molecule has 4 nitrogen and oxygen atoms in total. The minimum absolute atomic E-state index is 0.257. The first-order valence-electron chi connectivity index (χ1n) is 5.51. The van der Waals surface area contributed by atoms with E-state index in [9.17, 15) is 4.79 Å². The maximum absolute atomic E-state index is 11.8. The minimum atomic E-state index is -0.344. The highest BCUT2D eigenvalue weighted by molar-refractivity contribution is 9.10. The molecule has 18 heavy (non-hydrogen) atoms. The van der Waals surface area contributed by atoms with Gasteiger partial charge in [-0.15, -0.1) is 0 Å². The predicted octanol–water partition coefficient (Wildman–Crippen LogP) is 2.60. The molecule has 0 radical (unpaired) electrons. The van der Waals surface area contributed by atoms with Gasteiger partial charge >= 0.3 is 5.97 Å². The van der Waals surface area contributed by atoms with Crippen LogP contribution in [0, 0.1) is 0 Å². The number of nitrogens with zero attached hydrogens (tertiary/aromatic N) is 2. The summed E-state index contributed by atoms with van der Waals surface area (Å²) in [4.78, 5) is 11.8. The molecule has 5 heteroatoms. The van der Waals surface area contributed by atoms with Crippen molar-refractivity contribution in [1.29, 1.82) is 0 Å². The summed E-state index contributed by atoms with van der Waals surface area (Å²) in [5.41, 5.74) is 0.927. The highest BCUT2D eigenvalue weighted by Gasteiger charge is 2.22. The molecule has 1 aromatic carbocycles. The zero-order valence-electron chi connectivity index (χ0n) is 9.91. The van der Waals surface area contributed by atoms with Crippen molar-refractivity contribution in [3.8, 4) is 0 Å². The molecule has 1 aromatic heterocycles. The molecule has 0 N–H and O–H groups in total. The SMILES string of the molecule is COC(=O)C(Cn1cc(Br)cn1)c1ccccc1. The molecule has 94 valence electrons. The quantitative estimate of drug-likeness (QED) is 0.816. The van der Waals surface area contributed by atoms with Crippen LogP contribution in [0.3, 0.4) is 0 Å². The monoisotopic (exact) mass is 308 g/mol. The van der Waals surface area contributed by atoms with E-state index in [2.05, 4.69) is 21.0 Å². The molecule has 0 aliphatic rings. The molecule has 1 atom stereocenters. The van der Waals surface area contributed by atoms with E-state index >= 15 is 0 Å². The van der Waals surface area contributed by atoms with Crippen molar-refractivity contribution < 1.29 is 9.53 Å². The molecule has 0 spiro atoms. The number of carbonyl (C=O) groups excluding carboxylic acids is 1. The van der Waals surface area contributed by atoms with Crippen molar-refractivity contribution in [2.75, 3.05) is 7.11 Å². The number of aromatic nitrogens is 2. The first-order chi connectivity index (χ1) is 8.70. The van der Waals surface area contributed by atoms with Crippen LogP contribution in [-0.4, -0.2) is 22.9 Å². The van der Waals surface area contributed by atoms with Gasteiger partial charge < -0.3 is 4.74 Å². The molecule has 2 aromatic rings. The highest BCUT2D eigenvalue weighted by atomic mass is 79.9. The summed E-state index contributed by atoms with van der Waals surface area (Å²) in [7, 11) is 1.40. The smallest absolute Gasteiger partial charge is 0.315 e. The number of ether oxygens (including phenoxy) is 1. The molecule has 1 unspecified atom stereocenters. The van der Waals surface area contributed by atoms with E-state index in [-0.39, 0.29) is 11.9 Å². The van der Waals surface area contributed by atoms with E-state index in [0.29, 0.717) is 6.54 Å². The Bertz CT molecular complexity index is 525. The standard InChI is InChI=1S/C13H13BrN2O2/c1-18-13(17)12(10-5-3-2-4-6-10)9-16-8-11(14)7-15-16/h2-8,12H,9H2,1H3. The molecular formula is C13H13BrN2O2. The third kappa shape index (κ3) is 2.98. The van der Waals surface area contributed by atoms with Gasteiger partial charge in [-0.2, -0.15) is 5.10 Å². The number of hydrogen-bond donors (Lipinski definition) is 0. The van der Waals surface area contributed by atoms with Crippen LogP contribution in [0.25, 0.3) is 0 Å². The number of benzene rings is 1. The predicted molar refractivity (Wildman–Crippen MR) is 71.1 cm³/mol. The van der Waals surface area contributed by atoms with Crippen molar-refractivity contribution >= 4 is 21.9 Å². The Morgan fingerprint density at radius 3 is 2.72 bits per heavy atom. The Kier molecular flexibility index (Phi) is 4.15.